The average molecular weight is 213 g/mol. The van der Waals surface area contributed by atoms with Gasteiger partial charge in [0.15, 0.2) is 0 Å². The summed E-state index contributed by atoms with van der Waals surface area (Å²) in [5.74, 6) is 0. The molecule has 1 heterocycles. The minimum absolute atomic E-state index is 0.615. The van der Waals surface area contributed by atoms with E-state index in [0.29, 0.717) is 6.04 Å². The van der Waals surface area contributed by atoms with E-state index in [2.05, 4.69) is 30.7 Å². The molecule has 0 aromatic heterocycles. The van der Waals surface area contributed by atoms with Crippen LogP contribution in [0.1, 0.15) is 33.1 Å². The molecule has 1 atom stereocenters. The van der Waals surface area contributed by atoms with Crippen LogP contribution in [0.4, 0.5) is 0 Å². The number of rotatable bonds is 5. The van der Waals surface area contributed by atoms with Crippen LogP contribution < -0.4 is 5.73 Å². The normalized spacial score (nSPS) is 24.0. The van der Waals surface area contributed by atoms with E-state index < -0.39 is 0 Å². The highest BCUT2D eigenvalue weighted by molar-refractivity contribution is 4.79. The molecule has 1 unspecified atom stereocenters. The quantitative estimate of drug-likeness (QED) is 0.743. The van der Waals surface area contributed by atoms with E-state index >= 15 is 0 Å². The molecule has 1 aliphatic rings. The van der Waals surface area contributed by atoms with E-state index in [-0.39, 0.29) is 0 Å². The lowest BCUT2D eigenvalue weighted by molar-refractivity contribution is 0.113. The van der Waals surface area contributed by atoms with Gasteiger partial charge in [-0.05, 0) is 40.3 Å². The third-order valence-electron chi connectivity index (χ3n) is 3.51. The van der Waals surface area contributed by atoms with Crippen LogP contribution in [0.3, 0.4) is 0 Å². The van der Waals surface area contributed by atoms with Crippen molar-refractivity contribution >= 4 is 0 Å². The molecular weight excluding hydrogens is 186 g/mol. The summed E-state index contributed by atoms with van der Waals surface area (Å²) < 4.78 is 0. The van der Waals surface area contributed by atoms with E-state index in [0.717, 1.165) is 19.1 Å². The lowest BCUT2D eigenvalue weighted by Gasteiger charge is -2.37. The predicted molar refractivity (Wildman–Crippen MR) is 66.0 cm³/mol. The van der Waals surface area contributed by atoms with E-state index in [1.807, 2.05) is 0 Å². The summed E-state index contributed by atoms with van der Waals surface area (Å²) in [6.07, 6.45) is 4.11. The van der Waals surface area contributed by atoms with Crippen molar-refractivity contribution in [3.8, 4) is 0 Å². The molecule has 90 valence electrons. The van der Waals surface area contributed by atoms with Gasteiger partial charge in [-0.25, -0.2) is 0 Å². The van der Waals surface area contributed by atoms with Crippen LogP contribution in [0.5, 0.6) is 0 Å². The number of hydrogen-bond donors (Lipinski definition) is 1. The highest BCUT2D eigenvalue weighted by atomic mass is 15.2. The van der Waals surface area contributed by atoms with Crippen LogP contribution in [0.25, 0.3) is 0 Å². The van der Waals surface area contributed by atoms with Crippen molar-refractivity contribution in [2.45, 2.75) is 45.2 Å². The number of piperidine rings is 1. The molecule has 0 amide bonds. The number of hydrogen-bond acceptors (Lipinski definition) is 3. The zero-order valence-electron chi connectivity index (χ0n) is 10.6. The van der Waals surface area contributed by atoms with Crippen molar-refractivity contribution in [2.24, 2.45) is 5.73 Å². The molecule has 15 heavy (non-hydrogen) atoms. The molecule has 0 aromatic rings. The van der Waals surface area contributed by atoms with Crippen LogP contribution in [0.2, 0.25) is 0 Å². The summed E-state index contributed by atoms with van der Waals surface area (Å²) in [7, 11) is 2.25. The second kappa shape index (κ2) is 6.46. The first kappa shape index (κ1) is 12.9. The summed E-state index contributed by atoms with van der Waals surface area (Å²) in [6.45, 7) is 8.78. The summed E-state index contributed by atoms with van der Waals surface area (Å²) in [5.41, 5.74) is 5.65. The molecule has 0 bridgehead atoms. The Hall–Kier alpha value is -0.120. The molecule has 2 N–H and O–H groups in total. The number of nitrogens with zero attached hydrogens (tertiary/aromatic N) is 2. The highest BCUT2D eigenvalue weighted by Crippen LogP contribution is 2.16. The number of likely N-dealkylation sites (N-methyl/N-ethyl adjacent to an activating group) is 1. The first-order chi connectivity index (χ1) is 7.15. The Morgan fingerprint density at radius 2 is 2.13 bits per heavy atom. The third-order valence-corrected chi connectivity index (χ3v) is 3.51. The minimum atomic E-state index is 0.615. The van der Waals surface area contributed by atoms with E-state index in [1.165, 1.54) is 32.4 Å². The Labute approximate surface area is 94.6 Å². The van der Waals surface area contributed by atoms with Crippen molar-refractivity contribution in [3.63, 3.8) is 0 Å². The maximum atomic E-state index is 5.65. The molecule has 0 aliphatic carbocycles. The SMILES string of the molecule is CC(C)N(CCN)CC1CCCCN1C. The van der Waals surface area contributed by atoms with E-state index in [9.17, 15) is 0 Å². The van der Waals surface area contributed by atoms with Gasteiger partial charge in [-0.1, -0.05) is 6.42 Å². The second-order valence-corrected chi connectivity index (χ2v) is 5.01. The van der Waals surface area contributed by atoms with Crippen molar-refractivity contribution in [3.05, 3.63) is 0 Å². The van der Waals surface area contributed by atoms with E-state index in [1.54, 1.807) is 0 Å². The van der Waals surface area contributed by atoms with Crippen LogP contribution in [0.15, 0.2) is 0 Å². The smallest absolute Gasteiger partial charge is 0.0220 e. The first-order valence-electron chi connectivity index (χ1n) is 6.29. The monoisotopic (exact) mass is 213 g/mol. The summed E-state index contributed by atoms with van der Waals surface area (Å²) >= 11 is 0. The maximum Gasteiger partial charge on any atom is 0.0220 e. The number of nitrogens with two attached hydrogens (primary N) is 1. The van der Waals surface area contributed by atoms with Crippen LogP contribution >= 0.6 is 0 Å². The fourth-order valence-electron chi connectivity index (χ4n) is 2.37. The van der Waals surface area contributed by atoms with Gasteiger partial charge in [0.25, 0.3) is 0 Å². The van der Waals surface area contributed by atoms with Gasteiger partial charge in [0.05, 0.1) is 0 Å². The Balaban J connectivity index is 2.41. The highest BCUT2D eigenvalue weighted by Gasteiger charge is 2.22. The standard InChI is InChI=1S/C12H27N3/c1-11(2)15(9-7-13)10-12-6-4-5-8-14(12)3/h11-12H,4-10,13H2,1-3H3. The molecule has 0 saturated carbocycles. The van der Waals surface area contributed by atoms with Crippen molar-refractivity contribution in [2.75, 3.05) is 33.2 Å². The Bertz CT molecular complexity index is 168. The molecular formula is C12H27N3. The summed E-state index contributed by atoms with van der Waals surface area (Å²) in [5, 5.41) is 0. The summed E-state index contributed by atoms with van der Waals surface area (Å²) in [4.78, 5) is 5.02. The largest absolute Gasteiger partial charge is 0.329 e. The first-order valence-corrected chi connectivity index (χ1v) is 6.29. The van der Waals surface area contributed by atoms with Crippen molar-refractivity contribution in [1.82, 2.24) is 9.80 Å². The molecule has 1 saturated heterocycles. The molecule has 3 heteroatoms. The van der Waals surface area contributed by atoms with Gasteiger partial charge in [-0.15, -0.1) is 0 Å². The van der Waals surface area contributed by atoms with Crippen LogP contribution in [-0.2, 0) is 0 Å². The van der Waals surface area contributed by atoms with Crippen LogP contribution in [0, 0.1) is 0 Å². The minimum Gasteiger partial charge on any atom is -0.329 e. The molecule has 0 spiro atoms. The molecule has 0 aromatic carbocycles. The molecule has 1 rings (SSSR count). The van der Waals surface area contributed by atoms with Gasteiger partial charge in [-0.3, -0.25) is 4.90 Å². The van der Waals surface area contributed by atoms with Gasteiger partial charge in [0, 0.05) is 31.7 Å². The molecule has 3 nitrogen and oxygen atoms in total. The fraction of sp³-hybridized carbons (Fsp3) is 1.00. The Morgan fingerprint density at radius 1 is 1.40 bits per heavy atom. The lowest BCUT2D eigenvalue weighted by atomic mass is 10.0. The van der Waals surface area contributed by atoms with Gasteiger partial charge < -0.3 is 10.6 Å². The predicted octanol–water partition coefficient (Wildman–Crippen LogP) is 1.14. The molecule has 1 fully saturated rings. The lowest BCUT2D eigenvalue weighted by Crippen LogP contribution is -2.48. The van der Waals surface area contributed by atoms with Gasteiger partial charge in [-0.2, -0.15) is 0 Å². The third kappa shape index (κ3) is 4.09. The topological polar surface area (TPSA) is 32.5 Å². The molecule has 0 radical (unpaired) electrons. The van der Waals surface area contributed by atoms with E-state index in [4.69, 9.17) is 5.73 Å². The average Bonchev–Trinajstić information content (AvgIpc) is 2.20. The van der Waals surface area contributed by atoms with Crippen LogP contribution in [-0.4, -0.2) is 55.1 Å². The Kier molecular flexibility index (Phi) is 5.58. The van der Waals surface area contributed by atoms with Gasteiger partial charge in [0.1, 0.15) is 0 Å². The van der Waals surface area contributed by atoms with Crippen molar-refractivity contribution < 1.29 is 0 Å². The zero-order valence-corrected chi connectivity index (χ0v) is 10.6. The Morgan fingerprint density at radius 3 is 2.67 bits per heavy atom. The van der Waals surface area contributed by atoms with Gasteiger partial charge >= 0.3 is 0 Å². The fourth-order valence-corrected chi connectivity index (χ4v) is 2.37. The number of likely N-dealkylation sites (tertiary alicyclic amines) is 1. The van der Waals surface area contributed by atoms with Gasteiger partial charge in [0.2, 0.25) is 0 Å². The zero-order chi connectivity index (χ0) is 11.3. The van der Waals surface area contributed by atoms with Crippen molar-refractivity contribution in [1.29, 1.82) is 0 Å². The molecule has 1 aliphatic heterocycles. The second-order valence-electron chi connectivity index (χ2n) is 5.01. The maximum absolute atomic E-state index is 5.65. The summed E-state index contributed by atoms with van der Waals surface area (Å²) in [6, 6.07) is 1.36.